The molecule has 1 aromatic rings. The van der Waals surface area contributed by atoms with Crippen molar-refractivity contribution in [1.82, 2.24) is 10.2 Å². The van der Waals surface area contributed by atoms with Gasteiger partial charge in [0.2, 0.25) is 10.0 Å². The zero-order chi connectivity index (χ0) is 21.4. The Morgan fingerprint density at radius 1 is 1.28 bits per heavy atom. The minimum atomic E-state index is -3.31. The highest BCUT2D eigenvalue weighted by atomic mass is 32.2. The van der Waals surface area contributed by atoms with Crippen molar-refractivity contribution in [3.63, 3.8) is 0 Å². The summed E-state index contributed by atoms with van der Waals surface area (Å²) in [6, 6.07) is 6.70. The number of hydrogen-bond acceptors (Lipinski definition) is 5. The van der Waals surface area contributed by atoms with Gasteiger partial charge in [0.15, 0.2) is 6.10 Å². The topological polar surface area (TPSA) is 78.9 Å². The van der Waals surface area contributed by atoms with Crippen LogP contribution in [0.1, 0.15) is 39.5 Å². The van der Waals surface area contributed by atoms with Gasteiger partial charge in [-0.1, -0.05) is 13.8 Å². The average molecular weight is 426 g/mol. The standard InChI is InChI=1S/C21H35N3O4S/c1-5-20(21(25)22-13-6-14-24-15-11-17(2)12-16-24)28-19-9-7-18(8-10-19)23(3)29(4,26)27/h7-10,17,20H,5-6,11-16H2,1-4H3,(H,22,25)/t20-/m1/s1. The number of sulfonamides is 1. The molecule has 1 fully saturated rings. The number of likely N-dealkylation sites (tertiary alicyclic amines) is 1. The van der Waals surface area contributed by atoms with Crippen molar-refractivity contribution in [2.75, 3.05) is 43.8 Å². The van der Waals surface area contributed by atoms with Gasteiger partial charge in [0, 0.05) is 13.6 Å². The van der Waals surface area contributed by atoms with Crippen molar-refractivity contribution in [3.8, 4) is 5.75 Å². The molecule has 7 nitrogen and oxygen atoms in total. The van der Waals surface area contributed by atoms with E-state index >= 15 is 0 Å². The lowest BCUT2D eigenvalue weighted by Crippen LogP contribution is -2.40. The molecule has 1 atom stereocenters. The lowest BCUT2D eigenvalue weighted by atomic mass is 9.99. The van der Waals surface area contributed by atoms with Crippen LogP contribution in [0.3, 0.4) is 0 Å². The van der Waals surface area contributed by atoms with E-state index in [4.69, 9.17) is 4.74 Å². The Morgan fingerprint density at radius 2 is 1.90 bits per heavy atom. The highest BCUT2D eigenvalue weighted by Crippen LogP contribution is 2.21. The molecule has 0 aliphatic carbocycles. The first-order valence-electron chi connectivity index (χ1n) is 10.4. The Bertz CT molecular complexity index is 744. The fourth-order valence-electron chi connectivity index (χ4n) is 3.33. The normalized spacial score (nSPS) is 17.0. The Hall–Kier alpha value is -1.80. The summed E-state index contributed by atoms with van der Waals surface area (Å²) in [4.78, 5) is 14.9. The molecule has 1 amide bonds. The molecule has 0 unspecified atom stereocenters. The van der Waals surface area contributed by atoms with Crippen molar-refractivity contribution >= 4 is 21.6 Å². The fraction of sp³-hybridized carbons (Fsp3) is 0.667. The van der Waals surface area contributed by atoms with Gasteiger partial charge in [-0.2, -0.15) is 0 Å². The maximum Gasteiger partial charge on any atom is 0.261 e. The molecule has 1 saturated heterocycles. The SMILES string of the molecule is CC[C@@H](Oc1ccc(N(C)S(C)(=O)=O)cc1)C(=O)NCCCN1CCC(C)CC1. The number of nitrogens with one attached hydrogen (secondary N) is 1. The molecule has 0 saturated carbocycles. The lowest BCUT2D eigenvalue weighted by molar-refractivity contribution is -0.128. The summed E-state index contributed by atoms with van der Waals surface area (Å²) in [5.74, 6) is 1.26. The lowest BCUT2D eigenvalue weighted by Gasteiger charge is -2.30. The first kappa shape index (κ1) is 23.5. The number of amides is 1. The summed E-state index contributed by atoms with van der Waals surface area (Å²) in [7, 11) is -1.81. The predicted octanol–water partition coefficient (Wildman–Crippen LogP) is 2.48. The third-order valence-corrected chi connectivity index (χ3v) is 6.67. The number of nitrogens with zero attached hydrogens (tertiary/aromatic N) is 2. The molecule has 0 bridgehead atoms. The van der Waals surface area contributed by atoms with Crippen molar-refractivity contribution in [2.24, 2.45) is 5.92 Å². The molecule has 0 spiro atoms. The molecule has 0 aromatic heterocycles. The summed E-state index contributed by atoms with van der Waals surface area (Å²) in [5.41, 5.74) is 0.546. The van der Waals surface area contributed by atoms with E-state index in [2.05, 4.69) is 17.1 Å². The molecule has 1 heterocycles. The first-order valence-corrected chi connectivity index (χ1v) is 12.3. The Labute approximate surface area is 175 Å². The van der Waals surface area contributed by atoms with Crippen LogP contribution < -0.4 is 14.4 Å². The number of anilines is 1. The van der Waals surface area contributed by atoms with Crippen LogP contribution in [-0.2, 0) is 14.8 Å². The third kappa shape index (κ3) is 7.51. The second-order valence-corrected chi connectivity index (χ2v) is 9.92. The van der Waals surface area contributed by atoms with Gasteiger partial charge in [-0.3, -0.25) is 9.10 Å². The summed E-state index contributed by atoms with van der Waals surface area (Å²) in [6.07, 6.45) is 4.60. The zero-order valence-corrected chi connectivity index (χ0v) is 18.9. The van der Waals surface area contributed by atoms with E-state index in [0.29, 0.717) is 24.4 Å². The fourth-order valence-corrected chi connectivity index (χ4v) is 3.83. The van der Waals surface area contributed by atoms with Gasteiger partial charge in [0.05, 0.1) is 11.9 Å². The van der Waals surface area contributed by atoms with Crippen LogP contribution in [0.5, 0.6) is 5.75 Å². The molecule has 8 heteroatoms. The minimum Gasteiger partial charge on any atom is -0.481 e. The molecule has 1 aromatic carbocycles. The number of piperidine rings is 1. The number of ether oxygens (including phenoxy) is 1. The second kappa shape index (κ2) is 10.8. The number of hydrogen-bond donors (Lipinski definition) is 1. The Balaban J connectivity index is 1.77. The summed E-state index contributed by atoms with van der Waals surface area (Å²) in [6.45, 7) is 8.17. The van der Waals surface area contributed by atoms with Crippen molar-refractivity contribution in [1.29, 1.82) is 0 Å². The number of carbonyl (C=O) groups excluding carboxylic acids is 1. The van der Waals surface area contributed by atoms with Crippen LogP contribution in [-0.4, -0.2) is 64.8 Å². The van der Waals surface area contributed by atoms with Crippen molar-refractivity contribution in [3.05, 3.63) is 24.3 Å². The van der Waals surface area contributed by atoms with E-state index in [1.54, 1.807) is 24.3 Å². The second-order valence-electron chi connectivity index (χ2n) is 7.91. The summed E-state index contributed by atoms with van der Waals surface area (Å²) >= 11 is 0. The van der Waals surface area contributed by atoms with E-state index in [1.807, 2.05) is 6.92 Å². The van der Waals surface area contributed by atoms with Crippen LogP contribution in [0, 0.1) is 5.92 Å². The number of carbonyl (C=O) groups is 1. The van der Waals surface area contributed by atoms with Crippen LogP contribution in [0.2, 0.25) is 0 Å². The first-order chi connectivity index (χ1) is 13.7. The van der Waals surface area contributed by atoms with Gasteiger partial charge in [-0.05, 0) is 75.5 Å². The van der Waals surface area contributed by atoms with Gasteiger partial charge in [0.25, 0.3) is 5.91 Å². The van der Waals surface area contributed by atoms with Crippen molar-refractivity contribution in [2.45, 2.75) is 45.6 Å². The van der Waals surface area contributed by atoms with E-state index in [9.17, 15) is 13.2 Å². The van der Waals surface area contributed by atoms with Gasteiger partial charge < -0.3 is 15.0 Å². The molecular weight excluding hydrogens is 390 g/mol. The van der Waals surface area contributed by atoms with Gasteiger partial charge in [0.1, 0.15) is 5.75 Å². The molecule has 1 aliphatic heterocycles. The zero-order valence-electron chi connectivity index (χ0n) is 18.1. The van der Waals surface area contributed by atoms with Gasteiger partial charge in [-0.25, -0.2) is 8.42 Å². The highest BCUT2D eigenvalue weighted by molar-refractivity contribution is 7.92. The van der Waals surface area contributed by atoms with E-state index in [-0.39, 0.29) is 5.91 Å². The molecule has 0 radical (unpaired) electrons. The van der Waals surface area contributed by atoms with Crippen molar-refractivity contribution < 1.29 is 17.9 Å². The highest BCUT2D eigenvalue weighted by Gasteiger charge is 2.19. The van der Waals surface area contributed by atoms with Crippen LogP contribution in [0.25, 0.3) is 0 Å². The Kier molecular flexibility index (Phi) is 8.77. The van der Waals surface area contributed by atoms with Crippen LogP contribution >= 0.6 is 0 Å². The molecule has 1 N–H and O–H groups in total. The van der Waals surface area contributed by atoms with Gasteiger partial charge in [-0.15, -0.1) is 0 Å². The average Bonchev–Trinajstić information content (AvgIpc) is 2.69. The maximum atomic E-state index is 12.4. The summed E-state index contributed by atoms with van der Waals surface area (Å²) in [5, 5.41) is 2.97. The quantitative estimate of drug-likeness (QED) is 0.583. The third-order valence-electron chi connectivity index (χ3n) is 5.47. The number of benzene rings is 1. The summed E-state index contributed by atoms with van der Waals surface area (Å²) < 4.78 is 30.2. The Morgan fingerprint density at radius 3 is 2.45 bits per heavy atom. The van der Waals surface area contributed by atoms with Crippen LogP contribution in [0.15, 0.2) is 24.3 Å². The van der Waals surface area contributed by atoms with E-state index < -0.39 is 16.1 Å². The van der Waals surface area contributed by atoms with Crippen LogP contribution in [0.4, 0.5) is 5.69 Å². The molecule has 29 heavy (non-hydrogen) atoms. The molecule has 164 valence electrons. The maximum absolute atomic E-state index is 12.4. The molecular formula is C21H35N3O4S. The molecule has 1 aliphatic rings. The minimum absolute atomic E-state index is 0.114. The molecule has 2 rings (SSSR count). The largest absolute Gasteiger partial charge is 0.481 e. The monoisotopic (exact) mass is 425 g/mol. The van der Waals surface area contributed by atoms with Gasteiger partial charge >= 0.3 is 0 Å². The van der Waals surface area contributed by atoms with E-state index in [0.717, 1.165) is 38.2 Å². The van der Waals surface area contributed by atoms with E-state index in [1.165, 1.54) is 24.2 Å². The number of rotatable bonds is 10. The smallest absolute Gasteiger partial charge is 0.261 e. The predicted molar refractivity (Wildman–Crippen MR) is 117 cm³/mol.